The fourth-order valence-electron chi connectivity index (χ4n) is 0.786. The van der Waals surface area contributed by atoms with Crippen molar-refractivity contribution in [2.45, 2.75) is 6.23 Å². The average molecular weight is 165 g/mol. The number of tetrazole rings is 1. The minimum Gasteiger partial charge on any atom is -0.342 e. The largest absolute Gasteiger partial charge is 0.342 e. The highest BCUT2D eigenvalue weighted by Crippen LogP contribution is 2.23. The first-order chi connectivity index (χ1) is 5.92. The third kappa shape index (κ3) is 0.906. The predicted molar refractivity (Wildman–Crippen MR) is 32.7 cm³/mol. The predicted octanol–water partition coefficient (Wildman–Crippen LogP) is -0.459. The quantitative estimate of drug-likeness (QED) is 0.523. The molecule has 60 valence electrons. The van der Waals surface area contributed by atoms with E-state index in [-0.39, 0.29) is 0 Å². The van der Waals surface area contributed by atoms with Crippen molar-refractivity contribution in [3.8, 4) is 6.07 Å². The number of hydrogen-bond donors (Lipinski definition) is 0. The van der Waals surface area contributed by atoms with Gasteiger partial charge < -0.3 is 4.89 Å². The van der Waals surface area contributed by atoms with Gasteiger partial charge in [0, 0.05) is 0 Å². The van der Waals surface area contributed by atoms with Crippen LogP contribution in [0.1, 0.15) is 6.23 Å². The number of rotatable bonds is 1. The summed E-state index contributed by atoms with van der Waals surface area (Å²) in [7, 11) is 0. The lowest BCUT2D eigenvalue weighted by atomic mass is 10.3. The van der Waals surface area contributed by atoms with Crippen molar-refractivity contribution in [2.75, 3.05) is 0 Å². The Bertz CT molecular complexity index is 337. The van der Waals surface area contributed by atoms with E-state index in [1.54, 1.807) is 0 Å². The molecule has 0 amide bonds. The highest BCUT2D eigenvalue weighted by Gasteiger charge is 2.25. The molecule has 1 unspecified atom stereocenters. The number of nitriles is 1. The third-order valence-corrected chi connectivity index (χ3v) is 1.32. The Labute approximate surface area is 66.7 Å². The minimum atomic E-state index is -0.662. The zero-order valence-corrected chi connectivity index (χ0v) is 5.78. The Morgan fingerprint density at radius 3 is 3.25 bits per heavy atom. The molecule has 0 aliphatic carbocycles. The van der Waals surface area contributed by atoms with Crippen molar-refractivity contribution < 1.29 is 9.78 Å². The van der Waals surface area contributed by atoms with Crippen molar-refractivity contribution >= 4 is 0 Å². The smallest absolute Gasteiger partial charge is 0.237 e. The summed E-state index contributed by atoms with van der Waals surface area (Å²) < 4.78 is 1.28. The molecule has 2 heterocycles. The van der Waals surface area contributed by atoms with E-state index in [9.17, 15) is 0 Å². The van der Waals surface area contributed by atoms with Gasteiger partial charge in [0.05, 0.1) is 0 Å². The van der Waals surface area contributed by atoms with Gasteiger partial charge >= 0.3 is 0 Å². The summed E-state index contributed by atoms with van der Waals surface area (Å²) in [4.78, 5) is 9.19. The second-order valence-electron chi connectivity index (χ2n) is 2.02. The Morgan fingerprint density at radius 2 is 2.58 bits per heavy atom. The van der Waals surface area contributed by atoms with Gasteiger partial charge in [-0.3, -0.25) is 0 Å². The van der Waals surface area contributed by atoms with Crippen LogP contribution in [0.2, 0.25) is 0 Å². The zero-order valence-electron chi connectivity index (χ0n) is 5.78. The van der Waals surface area contributed by atoms with Crippen LogP contribution in [0.3, 0.4) is 0 Å². The van der Waals surface area contributed by atoms with E-state index in [0.717, 1.165) is 0 Å². The zero-order chi connectivity index (χ0) is 8.39. The van der Waals surface area contributed by atoms with E-state index in [1.807, 2.05) is 6.07 Å². The molecule has 7 nitrogen and oxygen atoms in total. The maximum absolute atomic E-state index is 8.58. The van der Waals surface area contributed by atoms with Crippen molar-refractivity contribution in [3.05, 3.63) is 18.2 Å². The molecule has 0 saturated carbocycles. The molecule has 1 aliphatic rings. The van der Waals surface area contributed by atoms with Gasteiger partial charge in [0.2, 0.25) is 6.23 Å². The van der Waals surface area contributed by atoms with Gasteiger partial charge in [-0.05, 0) is 10.4 Å². The van der Waals surface area contributed by atoms with Crippen LogP contribution in [0.5, 0.6) is 0 Å². The molecule has 1 aliphatic heterocycles. The fourth-order valence-corrected chi connectivity index (χ4v) is 0.786. The summed E-state index contributed by atoms with van der Waals surface area (Å²) in [5.41, 5.74) is 0.322. The van der Waals surface area contributed by atoms with Crippen molar-refractivity contribution in [3.63, 3.8) is 0 Å². The molecule has 0 saturated heterocycles. The van der Waals surface area contributed by atoms with Crippen LogP contribution in [0.25, 0.3) is 0 Å². The Morgan fingerprint density at radius 1 is 1.67 bits per heavy atom. The lowest BCUT2D eigenvalue weighted by molar-refractivity contribution is -0.274. The van der Waals surface area contributed by atoms with Crippen LogP contribution in [-0.2, 0) is 9.78 Å². The lowest BCUT2D eigenvalue weighted by Crippen LogP contribution is -2.10. The molecule has 7 heteroatoms. The molecule has 0 N–H and O–H groups in total. The topological polar surface area (TPSA) is 85.9 Å². The van der Waals surface area contributed by atoms with Crippen molar-refractivity contribution in [1.29, 1.82) is 5.26 Å². The monoisotopic (exact) mass is 165 g/mol. The van der Waals surface area contributed by atoms with E-state index in [0.29, 0.717) is 5.57 Å². The van der Waals surface area contributed by atoms with Gasteiger partial charge in [-0.2, -0.15) is 14.8 Å². The Balaban J connectivity index is 2.28. The molecule has 1 aromatic heterocycles. The summed E-state index contributed by atoms with van der Waals surface area (Å²) in [5, 5.41) is 18.9. The average Bonchev–Trinajstić information content (AvgIpc) is 2.74. The highest BCUT2D eigenvalue weighted by molar-refractivity contribution is 5.22. The summed E-state index contributed by atoms with van der Waals surface area (Å²) >= 11 is 0. The third-order valence-electron chi connectivity index (χ3n) is 1.32. The van der Waals surface area contributed by atoms with Crippen LogP contribution in [-0.4, -0.2) is 20.2 Å². The van der Waals surface area contributed by atoms with E-state index in [4.69, 9.17) is 10.1 Å². The van der Waals surface area contributed by atoms with Gasteiger partial charge in [0.15, 0.2) is 0 Å². The number of aromatic nitrogens is 4. The van der Waals surface area contributed by atoms with Crippen LogP contribution in [0.15, 0.2) is 18.2 Å². The first-order valence-corrected chi connectivity index (χ1v) is 3.06. The summed E-state index contributed by atoms with van der Waals surface area (Å²) in [6.45, 7) is 0. The second-order valence-corrected chi connectivity index (χ2v) is 2.02. The van der Waals surface area contributed by atoms with E-state index in [2.05, 4.69) is 20.4 Å². The van der Waals surface area contributed by atoms with Crippen LogP contribution < -0.4 is 0 Å². The Hall–Kier alpha value is -1.94. The van der Waals surface area contributed by atoms with Gasteiger partial charge in [-0.15, -0.1) is 5.10 Å². The fraction of sp³-hybridized carbons (Fsp3) is 0.200. The Kier molecular flexibility index (Phi) is 1.46. The standard InChI is InChI=1S/C5H3N5O2/c6-1-4-2-11-12-5(4)10-3-7-8-9-10/h2-3,5H. The number of hydrogen-bond acceptors (Lipinski definition) is 6. The van der Waals surface area contributed by atoms with E-state index < -0.39 is 6.23 Å². The van der Waals surface area contributed by atoms with Gasteiger partial charge in [-0.1, -0.05) is 0 Å². The first-order valence-electron chi connectivity index (χ1n) is 3.06. The molecule has 0 aromatic carbocycles. The van der Waals surface area contributed by atoms with Crippen LogP contribution >= 0.6 is 0 Å². The van der Waals surface area contributed by atoms with Gasteiger partial charge in [-0.25, -0.2) is 0 Å². The molecular formula is C5H3N5O2. The summed E-state index contributed by atoms with van der Waals surface area (Å²) in [6.07, 6.45) is 1.89. The maximum atomic E-state index is 8.58. The molecule has 12 heavy (non-hydrogen) atoms. The normalized spacial score (nSPS) is 21.2. The molecule has 0 bridgehead atoms. The minimum absolute atomic E-state index is 0.322. The molecule has 2 rings (SSSR count). The molecule has 0 spiro atoms. The summed E-state index contributed by atoms with van der Waals surface area (Å²) in [6, 6.07) is 1.90. The van der Waals surface area contributed by atoms with Gasteiger partial charge in [0.1, 0.15) is 24.2 Å². The maximum Gasteiger partial charge on any atom is 0.237 e. The lowest BCUT2D eigenvalue weighted by Gasteiger charge is -2.04. The van der Waals surface area contributed by atoms with Gasteiger partial charge in [0.25, 0.3) is 0 Å². The molecule has 1 atom stereocenters. The van der Waals surface area contributed by atoms with E-state index in [1.165, 1.54) is 17.3 Å². The molecule has 0 radical (unpaired) electrons. The second kappa shape index (κ2) is 2.60. The summed E-state index contributed by atoms with van der Waals surface area (Å²) in [5.74, 6) is 0. The van der Waals surface area contributed by atoms with Crippen LogP contribution in [0.4, 0.5) is 0 Å². The van der Waals surface area contributed by atoms with Crippen LogP contribution in [0, 0.1) is 11.3 Å². The molecule has 0 fully saturated rings. The van der Waals surface area contributed by atoms with Crippen molar-refractivity contribution in [2.24, 2.45) is 0 Å². The first kappa shape index (κ1) is 6.75. The van der Waals surface area contributed by atoms with Crippen molar-refractivity contribution in [1.82, 2.24) is 20.2 Å². The molecule has 1 aromatic rings. The SMILES string of the molecule is N#CC1=COOC1n1cnnn1. The van der Waals surface area contributed by atoms with E-state index >= 15 is 0 Å². The highest BCUT2D eigenvalue weighted by atomic mass is 17.2. The number of nitrogens with zero attached hydrogens (tertiary/aromatic N) is 5. The molecular weight excluding hydrogens is 162 g/mol.